The molecule has 0 saturated carbocycles. The second kappa shape index (κ2) is 7.10. The molecule has 1 atom stereocenters. The molecule has 104 valence electrons. The summed E-state index contributed by atoms with van der Waals surface area (Å²) in [5, 5.41) is 0. The summed E-state index contributed by atoms with van der Waals surface area (Å²) in [5.74, 6) is 0.120. The molecule has 0 radical (unpaired) electrons. The van der Waals surface area contributed by atoms with Crippen LogP contribution in [0.4, 0.5) is 0 Å². The number of esters is 1. The van der Waals surface area contributed by atoms with E-state index in [2.05, 4.69) is 13.5 Å². The summed E-state index contributed by atoms with van der Waals surface area (Å²) in [6, 6.07) is 7.42. The van der Waals surface area contributed by atoms with E-state index in [0.717, 1.165) is 12.0 Å². The lowest BCUT2D eigenvalue weighted by Gasteiger charge is -2.19. The van der Waals surface area contributed by atoms with Gasteiger partial charge in [-0.3, -0.25) is 0 Å². The number of carbonyl (C=O) groups is 1. The first-order valence-electron chi connectivity index (χ1n) is 6.57. The average molecular weight is 262 g/mol. The van der Waals surface area contributed by atoms with E-state index >= 15 is 0 Å². The van der Waals surface area contributed by atoms with Crippen LogP contribution in [-0.4, -0.2) is 12.1 Å². The molecule has 19 heavy (non-hydrogen) atoms. The Morgan fingerprint density at radius 2 is 1.84 bits per heavy atom. The maximum Gasteiger partial charge on any atom is 0.338 e. The molecule has 0 fully saturated rings. The summed E-state index contributed by atoms with van der Waals surface area (Å²) in [7, 11) is 0. The highest BCUT2D eigenvalue weighted by molar-refractivity contribution is 5.88. The molecule has 1 unspecified atom stereocenters. The number of ether oxygens (including phenoxy) is 2. The second-order valence-electron chi connectivity index (χ2n) is 4.82. The van der Waals surface area contributed by atoms with Crippen LogP contribution in [0.2, 0.25) is 0 Å². The summed E-state index contributed by atoms with van der Waals surface area (Å²) in [6.45, 7) is 11.3. The molecule has 0 aliphatic rings. The third-order valence-corrected chi connectivity index (χ3v) is 2.62. The molecular weight excluding hydrogens is 240 g/mol. The fourth-order valence-electron chi connectivity index (χ4n) is 1.68. The molecule has 3 heteroatoms. The Labute approximate surface area is 115 Å². The first-order valence-corrected chi connectivity index (χ1v) is 6.57. The molecule has 1 aromatic rings. The van der Waals surface area contributed by atoms with E-state index in [1.807, 2.05) is 26.0 Å². The molecule has 3 nitrogen and oxygen atoms in total. The SMILES string of the molecule is C=C(C)C(=O)Oc1ccc(C(CC)OC(C)C)cc1. The van der Waals surface area contributed by atoms with Gasteiger partial charge in [0, 0.05) is 5.57 Å². The summed E-state index contributed by atoms with van der Waals surface area (Å²) in [4.78, 5) is 11.4. The van der Waals surface area contributed by atoms with Crippen LogP contribution in [0.1, 0.15) is 45.8 Å². The van der Waals surface area contributed by atoms with Crippen molar-refractivity contribution < 1.29 is 14.3 Å². The fourth-order valence-corrected chi connectivity index (χ4v) is 1.68. The minimum absolute atomic E-state index is 0.0749. The molecule has 0 aliphatic carbocycles. The van der Waals surface area contributed by atoms with Gasteiger partial charge in [-0.05, 0) is 44.9 Å². The second-order valence-corrected chi connectivity index (χ2v) is 4.82. The highest BCUT2D eigenvalue weighted by atomic mass is 16.5. The van der Waals surface area contributed by atoms with Gasteiger partial charge in [-0.2, -0.15) is 0 Å². The van der Waals surface area contributed by atoms with E-state index < -0.39 is 5.97 Å². The van der Waals surface area contributed by atoms with Crippen molar-refractivity contribution in [2.24, 2.45) is 0 Å². The summed E-state index contributed by atoms with van der Waals surface area (Å²) in [6.07, 6.45) is 1.17. The van der Waals surface area contributed by atoms with Crippen LogP contribution in [0.3, 0.4) is 0 Å². The minimum Gasteiger partial charge on any atom is -0.423 e. The van der Waals surface area contributed by atoms with Crippen LogP contribution < -0.4 is 4.74 Å². The number of benzene rings is 1. The molecule has 0 N–H and O–H groups in total. The van der Waals surface area contributed by atoms with Crippen molar-refractivity contribution in [1.82, 2.24) is 0 Å². The Morgan fingerprint density at radius 1 is 1.26 bits per heavy atom. The van der Waals surface area contributed by atoms with Gasteiger partial charge in [-0.15, -0.1) is 0 Å². The molecule has 0 aromatic heterocycles. The van der Waals surface area contributed by atoms with Gasteiger partial charge in [0.25, 0.3) is 0 Å². The van der Waals surface area contributed by atoms with E-state index in [1.54, 1.807) is 19.1 Å². The van der Waals surface area contributed by atoms with Gasteiger partial charge in [-0.25, -0.2) is 4.79 Å². The standard InChI is InChI=1S/C16H22O3/c1-6-15(18-12(4)5)13-7-9-14(10-8-13)19-16(17)11(2)3/h7-10,12,15H,2,6H2,1,3-5H3. The fraction of sp³-hybridized carbons (Fsp3) is 0.438. The Balaban J connectivity index is 2.74. The van der Waals surface area contributed by atoms with Gasteiger partial charge in [0.15, 0.2) is 0 Å². The Kier molecular flexibility index (Phi) is 5.77. The lowest BCUT2D eigenvalue weighted by Crippen LogP contribution is -2.10. The molecule has 0 saturated heterocycles. The third kappa shape index (κ3) is 4.87. The highest BCUT2D eigenvalue weighted by Crippen LogP contribution is 2.24. The van der Waals surface area contributed by atoms with Crippen LogP contribution in [-0.2, 0) is 9.53 Å². The third-order valence-electron chi connectivity index (χ3n) is 2.62. The molecule has 0 bridgehead atoms. The van der Waals surface area contributed by atoms with Crippen molar-refractivity contribution in [2.75, 3.05) is 0 Å². The first kappa shape index (κ1) is 15.4. The molecular formula is C16H22O3. The smallest absolute Gasteiger partial charge is 0.338 e. The predicted octanol–water partition coefficient (Wildman–Crippen LogP) is 4.04. The van der Waals surface area contributed by atoms with E-state index in [4.69, 9.17) is 9.47 Å². The number of carbonyl (C=O) groups excluding carboxylic acids is 1. The number of hydrogen-bond acceptors (Lipinski definition) is 3. The zero-order valence-corrected chi connectivity index (χ0v) is 12.1. The van der Waals surface area contributed by atoms with Crippen LogP contribution >= 0.6 is 0 Å². The van der Waals surface area contributed by atoms with Crippen molar-refractivity contribution in [3.05, 3.63) is 42.0 Å². The quantitative estimate of drug-likeness (QED) is 0.441. The van der Waals surface area contributed by atoms with E-state index in [9.17, 15) is 4.79 Å². The molecule has 1 rings (SSSR count). The zero-order valence-electron chi connectivity index (χ0n) is 12.1. The van der Waals surface area contributed by atoms with Crippen LogP contribution in [0.15, 0.2) is 36.4 Å². The van der Waals surface area contributed by atoms with Crippen LogP contribution in [0.25, 0.3) is 0 Å². The summed E-state index contributed by atoms with van der Waals surface area (Å²) < 4.78 is 11.0. The molecule has 1 aromatic carbocycles. The minimum atomic E-state index is -0.404. The average Bonchev–Trinajstić information content (AvgIpc) is 2.36. The van der Waals surface area contributed by atoms with Crippen molar-refractivity contribution >= 4 is 5.97 Å². The predicted molar refractivity (Wildman–Crippen MR) is 76.1 cm³/mol. The van der Waals surface area contributed by atoms with Gasteiger partial charge < -0.3 is 9.47 Å². The zero-order chi connectivity index (χ0) is 14.4. The molecule has 0 aliphatic heterocycles. The van der Waals surface area contributed by atoms with Gasteiger partial charge >= 0.3 is 5.97 Å². The molecule has 0 spiro atoms. The Morgan fingerprint density at radius 3 is 2.26 bits per heavy atom. The highest BCUT2D eigenvalue weighted by Gasteiger charge is 2.12. The maximum absolute atomic E-state index is 11.4. The lowest BCUT2D eigenvalue weighted by molar-refractivity contribution is -0.130. The maximum atomic E-state index is 11.4. The van der Waals surface area contributed by atoms with E-state index in [0.29, 0.717) is 11.3 Å². The lowest BCUT2D eigenvalue weighted by atomic mass is 10.1. The van der Waals surface area contributed by atoms with Gasteiger partial charge in [0.1, 0.15) is 5.75 Å². The van der Waals surface area contributed by atoms with Crippen molar-refractivity contribution in [2.45, 2.75) is 46.3 Å². The molecule has 0 heterocycles. The topological polar surface area (TPSA) is 35.5 Å². The van der Waals surface area contributed by atoms with Crippen LogP contribution in [0.5, 0.6) is 5.75 Å². The van der Waals surface area contributed by atoms with Gasteiger partial charge in [-0.1, -0.05) is 25.6 Å². The normalized spacial score (nSPS) is 12.3. The van der Waals surface area contributed by atoms with E-state index in [1.165, 1.54) is 0 Å². The van der Waals surface area contributed by atoms with Crippen molar-refractivity contribution in [3.8, 4) is 5.75 Å². The summed E-state index contributed by atoms with van der Waals surface area (Å²) in [5.41, 5.74) is 1.48. The Hall–Kier alpha value is -1.61. The summed E-state index contributed by atoms with van der Waals surface area (Å²) >= 11 is 0. The van der Waals surface area contributed by atoms with Gasteiger partial charge in [0.2, 0.25) is 0 Å². The molecule has 0 amide bonds. The Bertz CT molecular complexity index is 432. The monoisotopic (exact) mass is 262 g/mol. The largest absolute Gasteiger partial charge is 0.423 e. The number of rotatable bonds is 6. The van der Waals surface area contributed by atoms with Gasteiger partial charge in [0.05, 0.1) is 12.2 Å². The van der Waals surface area contributed by atoms with E-state index in [-0.39, 0.29) is 12.2 Å². The van der Waals surface area contributed by atoms with Crippen molar-refractivity contribution in [3.63, 3.8) is 0 Å². The van der Waals surface area contributed by atoms with Crippen molar-refractivity contribution in [1.29, 1.82) is 0 Å². The van der Waals surface area contributed by atoms with Crippen LogP contribution in [0, 0.1) is 0 Å². The number of hydrogen-bond donors (Lipinski definition) is 0. The first-order chi connectivity index (χ1) is 8.93.